The standard InChI is InChI=1S/C12H21NO3/c13-7-12(11(14)15,5-9-1-2-9)8-16-6-10-3-4-10/h9-10H,1-8,13H2,(H,14,15). The highest BCUT2D eigenvalue weighted by molar-refractivity contribution is 5.75. The first-order chi connectivity index (χ1) is 7.66. The predicted molar refractivity (Wildman–Crippen MR) is 60.0 cm³/mol. The summed E-state index contributed by atoms with van der Waals surface area (Å²) in [4.78, 5) is 11.3. The summed E-state index contributed by atoms with van der Waals surface area (Å²) in [6, 6.07) is 0. The van der Waals surface area contributed by atoms with E-state index in [0.29, 0.717) is 24.9 Å². The van der Waals surface area contributed by atoms with Crippen molar-refractivity contribution in [2.75, 3.05) is 19.8 Å². The fourth-order valence-electron chi connectivity index (χ4n) is 2.02. The van der Waals surface area contributed by atoms with Gasteiger partial charge in [-0.2, -0.15) is 0 Å². The molecule has 0 amide bonds. The highest BCUT2D eigenvalue weighted by Crippen LogP contribution is 2.40. The molecule has 2 aliphatic rings. The minimum absolute atomic E-state index is 0.184. The van der Waals surface area contributed by atoms with Crippen LogP contribution in [0.25, 0.3) is 0 Å². The van der Waals surface area contributed by atoms with Gasteiger partial charge in [-0.25, -0.2) is 0 Å². The molecule has 0 radical (unpaired) electrons. The summed E-state index contributed by atoms with van der Waals surface area (Å²) in [5.41, 5.74) is 4.82. The second kappa shape index (κ2) is 4.72. The molecule has 2 rings (SSSR count). The lowest BCUT2D eigenvalue weighted by Crippen LogP contribution is -2.43. The Morgan fingerprint density at radius 3 is 2.38 bits per heavy atom. The molecule has 0 aromatic carbocycles. The third-order valence-corrected chi connectivity index (χ3v) is 3.65. The average molecular weight is 227 g/mol. The van der Waals surface area contributed by atoms with E-state index >= 15 is 0 Å². The molecule has 3 N–H and O–H groups in total. The highest BCUT2D eigenvalue weighted by atomic mass is 16.5. The summed E-state index contributed by atoms with van der Waals surface area (Å²) >= 11 is 0. The van der Waals surface area contributed by atoms with Gasteiger partial charge < -0.3 is 15.6 Å². The van der Waals surface area contributed by atoms with E-state index in [2.05, 4.69) is 0 Å². The van der Waals surface area contributed by atoms with Crippen molar-refractivity contribution in [2.45, 2.75) is 32.1 Å². The predicted octanol–water partition coefficient (Wildman–Crippen LogP) is 1.24. The molecule has 1 unspecified atom stereocenters. The van der Waals surface area contributed by atoms with Gasteiger partial charge in [0.2, 0.25) is 0 Å². The van der Waals surface area contributed by atoms with Crippen LogP contribution in [0, 0.1) is 17.3 Å². The van der Waals surface area contributed by atoms with Gasteiger partial charge in [0.25, 0.3) is 0 Å². The number of ether oxygens (including phenoxy) is 1. The van der Waals surface area contributed by atoms with Crippen molar-refractivity contribution in [2.24, 2.45) is 23.0 Å². The fraction of sp³-hybridized carbons (Fsp3) is 0.917. The SMILES string of the molecule is NCC(COCC1CC1)(CC1CC1)C(=O)O. The second-order valence-electron chi connectivity index (χ2n) is 5.40. The van der Waals surface area contributed by atoms with Crippen molar-refractivity contribution in [1.82, 2.24) is 0 Å². The van der Waals surface area contributed by atoms with Crippen LogP contribution in [-0.4, -0.2) is 30.8 Å². The normalized spacial score (nSPS) is 24.1. The number of carbonyl (C=O) groups is 1. The van der Waals surface area contributed by atoms with Crippen molar-refractivity contribution in [3.63, 3.8) is 0 Å². The molecule has 0 saturated heterocycles. The molecule has 0 bridgehead atoms. The van der Waals surface area contributed by atoms with E-state index in [1.165, 1.54) is 12.8 Å². The van der Waals surface area contributed by atoms with E-state index in [9.17, 15) is 9.90 Å². The van der Waals surface area contributed by atoms with Crippen molar-refractivity contribution in [3.05, 3.63) is 0 Å². The molecule has 92 valence electrons. The lowest BCUT2D eigenvalue weighted by molar-refractivity contribution is -0.153. The van der Waals surface area contributed by atoms with Gasteiger partial charge in [0.15, 0.2) is 0 Å². The van der Waals surface area contributed by atoms with Crippen LogP contribution in [0.5, 0.6) is 0 Å². The van der Waals surface area contributed by atoms with Crippen LogP contribution in [0.1, 0.15) is 32.1 Å². The maximum atomic E-state index is 11.3. The zero-order chi connectivity index (χ0) is 11.6. The van der Waals surface area contributed by atoms with Crippen LogP contribution < -0.4 is 5.73 Å². The number of carboxylic acid groups (broad SMARTS) is 1. The number of rotatable bonds is 8. The van der Waals surface area contributed by atoms with Gasteiger partial charge in [0.05, 0.1) is 6.61 Å². The second-order valence-corrected chi connectivity index (χ2v) is 5.40. The third-order valence-electron chi connectivity index (χ3n) is 3.65. The highest BCUT2D eigenvalue weighted by Gasteiger charge is 2.42. The number of carboxylic acids is 1. The van der Waals surface area contributed by atoms with Gasteiger partial charge in [-0.15, -0.1) is 0 Å². The lowest BCUT2D eigenvalue weighted by atomic mass is 9.83. The van der Waals surface area contributed by atoms with E-state index in [1.54, 1.807) is 0 Å². The topological polar surface area (TPSA) is 72.5 Å². The Morgan fingerprint density at radius 1 is 1.31 bits per heavy atom. The van der Waals surface area contributed by atoms with E-state index < -0.39 is 11.4 Å². The Balaban J connectivity index is 1.84. The maximum Gasteiger partial charge on any atom is 0.313 e. The molecule has 4 nitrogen and oxygen atoms in total. The van der Waals surface area contributed by atoms with Crippen LogP contribution in [-0.2, 0) is 9.53 Å². The van der Waals surface area contributed by atoms with Crippen LogP contribution in [0.2, 0.25) is 0 Å². The Labute approximate surface area is 96.2 Å². The van der Waals surface area contributed by atoms with Crippen molar-refractivity contribution in [1.29, 1.82) is 0 Å². The quantitative estimate of drug-likeness (QED) is 0.654. The zero-order valence-corrected chi connectivity index (χ0v) is 9.65. The van der Waals surface area contributed by atoms with Gasteiger partial charge >= 0.3 is 5.97 Å². The van der Waals surface area contributed by atoms with Gasteiger partial charge in [-0.05, 0) is 31.1 Å². The van der Waals surface area contributed by atoms with Crippen LogP contribution in [0.3, 0.4) is 0 Å². The van der Waals surface area contributed by atoms with Crippen LogP contribution >= 0.6 is 0 Å². The van der Waals surface area contributed by atoms with Crippen LogP contribution in [0.4, 0.5) is 0 Å². The molecule has 0 spiro atoms. The molecule has 0 aliphatic heterocycles. The van der Waals surface area contributed by atoms with Crippen molar-refractivity contribution in [3.8, 4) is 0 Å². The van der Waals surface area contributed by atoms with E-state index in [-0.39, 0.29) is 13.2 Å². The van der Waals surface area contributed by atoms with Gasteiger partial charge in [-0.3, -0.25) is 4.79 Å². The van der Waals surface area contributed by atoms with Gasteiger partial charge in [0, 0.05) is 13.2 Å². The fourth-order valence-corrected chi connectivity index (χ4v) is 2.02. The molecule has 1 atom stereocenters. The molecule has 0 aromatic rings. The molecule has 0 heterocycles. The molecule has 0 aromatic heterocycles. The summed E-state index contributed by atoms with van der Waals surface area (Å²) in [5, 5.41) is 9.32. The number of hydrogen-bond acceptors (Lipinski definition) is 3. The first kappa shape index (κ1) is 11.9. The third kappa shape index (κ3) is 2.95. The van der Waals surface area contributed by atoms with Crippen molar-refractivity contribution < 1.29 is 14.6 Å². The lowest BCUT2D eigenvalue weighted by Gasteiger charge is -2.27. The van der Waals surface area contributed by atoms with Crippen LogP contribution in [0.15, 0.2) is 0 Å². The summed E-state index contributed by atoms with van der Waals surface area (Å²) in [7, 11) is 0. The smallest absolute Gasteiger partial charge is 0.313 e. The average Bonchev–Trinajstić information content (AvgIpc) is 3.10. The van der Waals surface area contributed by atoms with Crippen molar-refractivity contribution >= 4 is 5.97 Å². The molecule has 2 fully saturated rings. The Kier molecular flexibility index (Phi) is 3.50. The number of hydrogen-bond donors (Lipinski definition) is 2. The first-order valence-corrected chi connectivity index (χ1v) is 6.17. The Bertz CT molecular complexity index is 261. The Morgan fingerprint density at radius 2 is 1.94 bits per heavy atom. The largest absolute Gasteiger partial charge is 0.481 e. The molecular weight excluding hydrogens is 206 g/mol. The maximum absolute atomic E-state index is 11.3. The zero-order valence-electron chi connectivity index (χ0n) is 9.65. The number of nitrogens with two attached hydrogens (primary N) is 1. The van der Waals surface area contributed by atoms with E-state index in [0.717, 1.165) is 12.8 Å². The minimum Gasteiger partial charge on any atom is -0.481 e. The van der Waals surface area contributed by atoms with E-state index in [4.69, 9.17) is 10.5 Å². The monoisotopic (exact) mass is 227 g/mol. The summed E-state index contributed by atoms with van der Waals surface area (Å²) in [5.74, 6) is 0.437. The Hall–Kier alpha value is -0.610. The van der Waals surface area contributed by atoms with E-state index in [1.807, 2.05) is 0 Å². The first-order valence-electron chi connectivity index (χ1n) is 6.17. The number of aliphatic carboxylic acids is 1. The molecule has 16 heavy (non-hydrogen) atoms. The summed E-state index contributed by atoms with van der Waals surface area (Å²) < 4.78 is 5.54. The molecule has 2 saturated carbocycles. The van der Waals surface area contributed by atoms with Gasteiger partial charge in [0.1, 0.15) is 5.41 Å². The minimum atomic E-state index is -0.837. The summed E-state index contributed by atoms with van der Waals surface area (Å²) in [6.07, 6.45) is 5.44. The molecule has 4 heteroatoms. The molecular formula is C12H21NO3. The van der Waals surface area contributed by atoms with Gasteiger partial charge in [-0.1, -0.05) is 12.8 Å². The summed E-state index contributed by atoms with van der Waals surface area (Å²) in [6.45, 7) is 1.18. The molecule has 2 aliphatic carbocycles.